The highest BCUT2D eigenvalue weighted by molar-refractivity contribution is 9.10. The zero-order valence-corrected chi connectivity index (χ0v) is 13.4. The van der Waals surface area contributed by atoms with Crippen LogP contribution in [0.4, 0.5) is 0 Å². The van der Waals surface area contributed by atoms with Crippen molar-refractivity contribution in [1.29, 1.82) is 0 Å². The van der Waals surface area contributed by atoms with Crippen molar-refractivity contribution in [3.05, 3.63) is 64.1 Å². The second-order valence-corrected chi connectivity index (χ2v) is 6.14. The van der Waals surface area contributed by atoms with Gasteiger partial charge >= 0.3 is 0 Å². The van der Waals surface area contributed by atoms with Crippen LogP contribution in [-0.2, 0) is 5.75 Å². The van der Waals surface area contributed by atoms with E-state index in [0.29, 0.717) is 6.42 Å². The first-order chi connectivity index (χ1) is 9.79. The minimum Gasteiger partial charge on any atom is -0.395 e. The Labute approximate surface area is 132 Å². The molecule has 0 aliphatic rings. The normalized spacial score (nSPS) is 9.90. The number of benzene rings is 2. The van der Waals surface area contributed by atoms with Crippen LogP contribution in [0, 0.1) is 11.8 Å². The van der Waals surface area contributed by atoms with Crippen molar-refractivity contribution < 1.29 is 5.11 Å². The van der Waals surface area contributed by atoms with Crippen LogP contribution in [-0.4, -0.2) is 11.7 Å². The molecule has 0 radical (unpaired) electrons. The van der Waals surface area contributed by atoms with E-state index >= 15 is 0 Å². The quantitative estimate of drug-likeness (QED) is 0.650. The summed E-state index contributed by atoms with van der Waals surface area (Å²) in [7, 11) is 0. The van der Waals surface area contributed by atoms with Gasteiger partial charge in [-0.1, -0.05) is 52.0 Å². The molecule has 0 aromatic heterocycles. The van der Waals surface area contributed by atoms with E-state index in [1.165, 1.54) is 10.5 Å². The van der Waals surface area contributed by atoms with Crippen LogP contribution >= 0.6 is 27.7 Å². The zero-order chi connectivity index (χ0) is 14.2. The topological polar surface area (TPSA) is 20.2 Å². The first-order valence-electron chi connectivity index (χ1n) is 6.35. The van der Waals surface area contributed by atoms with Crippen molar-refractivity contribution >= 4 is 27.7 Å². The molecule has 0 amide bonds. The average molecular weight is 347 g/mol. The number of rotatable bonds is 4. The molecule has 0 spiro atoms. The van der Waals surface area contributed by atoms with Gasteiger partial charge in [-0.05, 0) is 29.8 Å². The standard InChI is InChI=1S/C17H15BrOS/c18-16-9-5-10-17(12-16)20-13-15-8-2-1-6-14(15)7-3-4-11-19/h1-2,5-6,8-10,12,19H,4,11,13H2. The molecule has 0 aliphatic heterocycles. The molecule has 0 saturated carbocycles. The molecule has 3 heteroatoms. The third-order valence-corrected chi connectivity index (χ3v) is 4.20. The maximum atomic E-state index is 8.78. The summed E-state index contributed by atoms with van der Waals surface area (Å²) in [5.74, 6) is 7.00. The van der Waals surface area contributed by atoms with Gasteiger partial charge in [0.2, 0.25) is 0 Å². The molecule has 0 atom stereocenters. The highest BCUT2D eigenvalue weighted by atomic mass is 79.9. The number of thioether (sulfide) groups is 1. The van der Waals surface area contributed by atoms with E-state index in [4.69, 9.17) is 5.11 Å². The highest BCUT2D eigenvalue weighted by Gasteiger charge is 2.01. The summed E-state index contributed by atoms with van der Waals surface area (Å²) in [6, 6.07) is 16.5. The summed E-state index contributed by atoms with van der Waals surface area (Å²) >= 11 is 5.28. The molecule has 0 saturated heterocycles. The van der Waals surface area contributed by atoms with Gasteiger partial charge in [-0.3, -0.25) is 0 Å². The van der Waals surface area contributed by atoms with E-state index in [1.807, 2.05) is 30.3 Å². The Morgan fingerprint density at radius 1 is 1.10 bits per heavy atom. The lowest BCUT2D eigenvalue weighted by molar-refractivity contribution is 0.305. The second kappa shape index (κ2) is 8.16. The number of aliphatic hydroxyl groups excluding tert-OH is 1. The van der Waals surface area contributed by atoms with Gasteiger partial charge < -0.3 is 5.11 Å². The van der Waals surface area contributed by atoms with Crippen molar-refractivity contribution in [3.63, 3.8) is 0 Å². The summed E-state index contributed by atoms with van der Waals surface area (Å²) in [5.41, 5.74) is 2.27. The van der Waals surface area contributed by atoms with Gasteiger partial charge in [0.15, 0.2) is 0 Å². The molecular weight excluding hydrogens is 332 g/mol. The summed E-state index contributed by atoms with van der Waals surface area (Å²) in [6.07, 6.45) is 0.521. The summed E-state index contributed by atoms with van der Waals surface area (Å²) < 4.78 is 1.10. The molecule has 0 fully saturated rings. The lowest BCUT2D eigenvalue weighted by Gasteiger charge is -2.05. The molecule has 0 aliphatic carbocycles. The van der Waals surface area contributed by atoms with E-state index in [0.717, 1.165) is 15.8 Å². The number of hydrogen-bond acceptors (Lipinski definition) is 2. The molecule has 2 rings (SSSR count). The number of hydrogen-bond donors (Lipinski definition) is 1. The van der Waals surface area contributed by atoms with Gasteiger partial charge in [-0.15, -0.1) is 11.8 Å². The molecule has 1 N–H and O–H groups in total. The van der Waals surface area contributed by atoms with Crippen LogP contribution in [0.15, 0.2) is 57.9 Å². The molecule has 20 heavy (non-hydrogen) atoms. The first-order valence-corrected chi connectivity index (χ1v) is 8.13. The molecule has 102 valence electrons. The largest absolute Gasteiger partial charge is 0.395 e. The van der Waals surface area contributed by atoms with Gasteiger partial charge in [0.1, 0.15) is 0 Å². The van der Waals surface area contributed by atoms with E-state index in [2.05, 4.69) is 46.0 Å². The Morgan fingerprint density at radius 3 is 2.75 bits per heavy atom. The molecule has 0 unspecified atom stereocenters. The summed E-state index contributed by atoms with van der Waals surface area (Å²) in [4.78, 5) is 1.23. The Balaban J connectivity index is 2.08. The van der Waals surface area contributed by atoms with Gasteiger partial charge in [0.25, 0.3) is 0 Å². The van der Waals surface area contributed by atoms with Crippen molar-refractivity contribution in [2.24, 2.45) is 0 Å². The predicted octanol–water partition coefficient (Wildman–Crippen LogP) is 4.48. The van der Waals surface area contributed by atoms with Crippen molar-refractivity contribution in [2.45, 2.75) is 17.1 Å². The molecule has 0 bridgehead atoms. The van der Waals surface area contributed by atoms with Crippen molar-refractivity contribution in [2.75, 3.05) is 6.61 Å². The van der Waals surface area contributed by atoms with Crippen LogP contribution < -0.4 is 0 Å². The fourth-order valence-corrected chi connectivity index (χ4v) is 3.21. The van der Waals surface area contributed by atoms with Gasteiger partial charge in [0, 0.05) is 27.1 Å². The minimum atomic E-state index is 0.113. The highest BCUT2D eigenvalue weighted by Crippen LogP contribution is 2.26. The van der Waals surface area contributed by atoms with Crippen LogP contribution in [0.5, 0.6) is 0 Å². The average Bonchev–Trinajstić information content (AvgIpc) is 2.47. The third-order valence-electron chi connectivity index (χ3n) is 2.67. The SMILES string of the molecule is OCCC#Cc1ccccc1CSc1cccc(Br)c1. The smallest absolute Gasteiger partial charge is 0.0540 e. The fourth-order valence-electron chi connectivity index (χ4n) is 1.70. The second-order valence-electron chi connectivity index (χ2n) is 4.18. The number of halogens is 1. The molecule has 2 aromatic rings. The van der Waals surface area contributed by atoms with E-state index in [9.17, 15) is 0 Å². The van der Waals surface area contributed by atoms with Gasteiger partial charge in [0.05, 0.1) is 6.61 Å². The van der Waals surface area contributed by atoms with Crippen molar-refractivity contribution in [3.8, 4) is 11.8 Å². The lowest BCUT2D eigenvalue weighted by Crippen LogP contribution is -1.87. The zero-order valence-electron chi connectivity index (χ0n) is 11.0. The third kappa shape index (κ3) is 4.72. The van der Waals surface area contributed by atoms with Crippen LogP contribution in [0.2, 0.25) is 0 Å². The minimum absolute atomic E-state index is 0.113. The maximum Gasteiger partial charge on any atom is 0.0540 e. The molecular formula is C17H15BrOS. The van der Waals surface area contributed by atoms with Crippen molar-refractivity contribution in [1.82, 2.24) is 0 Å². The summed E-state index contributed by atoms with van der Waals surface area (Å²) in [5, 5.41) is 8.78. The Hall–Kier alpha value is -1.21. The Kier molecular flexibility index (Phi) is 6.20. The monoisotopic (exact) mass is 346 g/mol. The molecule has 0 heterocycles. The number of aliphatic hydroxyl groups is 1. The first kappa shape index (κ1) is 15.2. The van der Waals surface area contributed by atoms with Crippen LogP contribution in [0.3, 0.4) is 0 Å². The van der Waals surface area contributed by atoms with Gasteiger partial charge in [-0.2, -0.15) is 0 Å². The fraction of sp³-hybridized carbons (Fsp3) is 0.176. The lowest BCUT2D eigenvalue weighted by atomic mass is 10.1. The summed E-state index contributed by atoms with van der Waals surface area (Å²) in [6.45, 7) is 0.113. The van der Waals surface area contributed by atoms with Crippen LogP contribution in [0.25, 0.3) is 0 Å². The molecule has 1 nitrogen and oxygen atoms in total. The predicted molar refractivity (Wildman–Crippen MR) is 88.7 cm³/mol. The van der Waals surface area contributed by atoms with Crippen LogP contribution in [0.1, 0.15) is 17.5 Å². The van der Waals surface area contributed by atoms with Gasteiger partial charge in [-0.25, -0.2) is 0 Å². The van der Waals surface area contributed by atoms with E-state index < -0.39 is 0 Å². The maximum absolute atomic E-state index is 8.78. The van der Waals surface area contributed by atoms with E-state index in [1.54, 1.807) is 11.8 Å². The Morgan fingerprint density at radius 2 is 1.95 bits per heavy atom. The Bertz CT molecular complexity index is 628. The van der Waals surface area contributed by atoms with E-state index in [-0.39, 0.29) is 6.61 Å². The molecule has 2 aromatic carbocycles.